The third-order valence-electron chi connectivity index (χ3n) is 3.46. The fourth-order valence-electron chi connectivity index (χ4n) is 2.40. The number of aromatic nitrogens is 2. The molecule has 1 aliphatic heterocycles. The van der Waals surface area contributed by atoms with Crippen LogP contribution in [-0.4, -0.2) is 35.6 Å². The predicted octanol–water partition coefficient (Wildman–Crippen LogP) is 2.30. The van der Waals surface area contributed by atoms with Crippen LogP contribution in [0.4, 0.5) is 5.82 Å². The van der Waals surface area contributed by atoms with E-state index in [4.69, 9.17) is 0 Å². The third kappa shape index (κ3) is 3.54. The largest absolute Gasteiger partial charge is 0.353 e. The second-order valence-corrected chi connectivity index (χ2v) is 6.30. The molecule has 0 bridgehead atoms. The van der Waals surface area contributed by atoms with E-state index in [2.05, 4.69) is 56.6 Å². The molecule has 0 aliphatic carbocycles. The minimum atomic E-state index is 0.475. The zero-order chi connectivity index (χ0) is 13.0. The normalized spacial score (nSPS) is 17.1. The highest BCUT2D eigenvalue weighted by atomic mass is 127. The smallest absolute Gasteiger partial charge is 0.145 e. The van der Waals surface area contributed by atoms with Crippen molar-refractivity contribution < 1.29 is 0 Å². The Morgan fingerprint density at radius 2 is 2.17 bits per heavy atom. The van der Waals surface area contributed by atoms with Gasteiger partial charge in [-0.3, -0.25) is 0 Å². The summed E-state index contributed by atoms with van der Waals surface area (Å²) in [5.74, 6) is 1.86. The standard InChI is InChI=1S/C13H21IN4/c1-10(2)18(8-11-3-5-15-6-4-11)13-12(14)7-16-9-17-13/h7,9-11,15H,3-6,8H2,1-2H3. The zero-order valence-corrected chi connectivity index (χ0v) is 13.2. The molecule has 4 nitrogen and oxygen atoms in total. The second kappa shape index (κ2) is 6.65. The number of anilines is 1. The van der Waals surface area contributed by atoms with E-state index in [-0.39, 0.29) is 0 Å². The molecular formula is C13H21IN4. The summed E-state index contributed by atoms with van der Waals surface area (Å²) < 4.78 is 1.14. The van der Waals surface area contributed by atoms with Crippen molar-refractivity contribution in [2.45, 2.75) is 32.7 Å². The summed E-state index contributed by atoms with van der Waals surface area (Å²) in [6.45, 7) is 7.87. The summed E-state index contributed by atoms with van der Waals surface area (Å²) >= 11 is 2.32. The van der Waals surface area contributed by atoms with E-state index in [1.807, 2.05) is 6.20 Å². The van der Waals surface area contributed by atoms with Crippen LogP contribution < -0.4 is 10.2 Å². The first-order valence-corrected chi connectivity index (χ1v) is 7.69. The van der Waals surface area contributed by atoms with Crippen LogP contribution in [0.3, 0.4) is 0 Å². The number of piperidine rings is 1. The molecule has 1 aromatic heterocycles. The molecule has 1 N–H and O–H groups in total. The van der Waals surface area contributed by atoms with Gasteiger partial charge in [0.05, 0.1) is 3.57 Å². The molecule has 1 aliphatic rings. The maximum Gasteiger partial charge on any atom is 0.145 e. The van der Waals surface area contributed by atoms with Gasteiger partial charge in [-0.15, -0.1) is 0 Å². The van der Waals surface area contributed by atoms with Gasteiger partial charge in [0, 0.05) is 18.8 Å². The van der Waals surface area contributed by atoms with Gasteiger partial charge in [-0.1, -0.05) is 0 Å². The van der Waals surface area contributed by atoms with Crippen molar-refractivity contribution >= 4 is 28.4 Å². The SMILES string of the molecule is CC(C)N(CC1CCNCC1)c1ncncc1I. The summed E-state index contributed by atoms with van der Waals surface area (Å²) in [4.78, 5) is 11.0. The van der Waals surface area contributed by atoms with Gasteiger partial charge in [-0.25, -0.2) is 9.97 Å². The first-order chi connectivity index (χ1) is 8.68. The molecule has 0 saturated carbocycles. The lowest BCUT2D eigenvalue weighted by Crippen LogP contribution is -2.40. The summed E-state index contributed by atoms with van der Waals surface area (Å²) in [6.07, 6.45) is 6.08. The lowest BCUT2D eigenvalue weighted by molar-refractivity contribution is 0.367. The number of hydrogen-bond acceptors (Lipinski definition) is 4. The van der Waals surface area contributed by atoms with Crippen LogP contribution in [0, 0.1) is 9.49 Å². The zero-order valence-electron chi connectivity index (χ0n) is 11.1. The van der Waals surface area contributed by atoms with E-state index in [9.17, 15) is 0 Å². The highest BCUT2D eigenvalue weighted by Crippen LogP contribution is 2.23. The fourth-order valence-corrected chi connectivity index (χ4v) is 3.01. The molecule has 1 saturated heterocycles. The Morgan fingerprint density at radius 3 is 2.78 bits per heavy atom. The van der Waals surface area contributed by atoms with Gasteiger partial charge in [0.1, 0.15) is 12.1 Å². The molecule has 0 spiro atoms. The molecule has 5 heteroatoms. The maximum atomic E-state index is 4.46. The quantitative estimate of drug-likeness (QED) is 0.837. The van der Waals surface area contributed by atoms with Crippen LogP contribution in [0.15, 0.2) is 12.5 Å². The Morgan fingerprint density at radius 1 is 1.44 bits per heavy atom. The summed E-state index contributed by atoms with van der Waals surface area (Å²) in [5.41, 5.74) is 0. The monoisotopic (exact) mass is 360 g/mol. The molecular weight excluding hydrogens is 339 g/mol. The number of nitrogens with one attached hydrogen (secondary N) is 1. The predicted molar refractivity (Wildman–Crippen MR) is 82.8 cm³/mol. The van der Waals surface area contributed by atoms with Crippen molar-refractivity contribution in [2.24, 2.45) is 5.92 Å². The van der Waals surface area contributed by atoms with E-state index in [0.717, 1.165) is 34.9 Å². The highest BCUT2D eigenvalue weighted by molar-refractivity contribution is 14.1. The first kappa shape index (κ1) is 14.0. The van der Waals surface area contributed by atoms with Crippen LogP contribution in [-0.2, 0) is 0 Å². The Balaban J connectivity index is 2.10. The lowest BCUT2D eigenvalue weighted by atomic mass is 9.97. The van der Waals surface area contributed by atoms with Crippen molar-refractivity contribution in [2.75, 3.05) is 24.5 Å². The van der Waals surface area contributed by atoms with E-state index >= 15 is 0 Å². The second-order valence-electron chi connectivity index (χ2n) is 5.13. The minimum Gasteiger partial charge on any atom is -0.353 e. The molecule has 1 aromatic rings. The van der Waals surface area contributed by atoms with Crippen LogP contribution in [0.2, 0.25) is 0 Å². The van der Waals surface area contributed by atoms with Gasteiger partial charge in [-0.05, 0) is 68.3 Å². The van der Waals surface area contributed by atoms with Crippen molar-refractivity contribution in [1.29, 1.82) is 0 Å². The van der Waals surface area contributed by atoms with E-state index < -0.39 is 0 Å². The Hall–Kier alpha value is -0.430. The Labute approximate surface area is 123 Å². The molecule has 0 atom stereocenters. The third-order valence-corrected chi connectivity index (χ3v) is 4.22. The van der Waals surface area contributed by atoms with Crippen molar-refractivity contribution in [1.82, 2.24) is 15.3 Å². The summed E-state index contributed by atoms with van der Waals surface area (Å²) in [6, 6.07) is 0.475. The molecule has 0 unspecified atom stereocenters. The van der Waals surface area contributed by atoms with Crippen LogP contribution >= 0.6 is 22.6 Å². The van der Waals surface area contributed by atoms with E-state index in [1.165, 1.54) is 12.8 Å². The lowest BCUT2D eigenvalue weighted by Gasteiger charge is -2.34. The Kier molecular flexibility index (Phi) is 5.17. The summed E-state index contributed by atoms with van der Waals surface area (Å²) in [7, 11) is 0. The summed E-state index contributed by atoms with van der Waals surface area (Å²) in [5, 5.41) is 3.42. The maximum absolute atomic E-state index is 4.46. The van der Waals surface area contributed by atoms with Gasteiger partial charge in [0.15, 0.2) is 0 Å². The number of halogens is 1. The van der Waals surface area contributed by atoms with Crippen molar-refractivity contribution in [3.8, 4) is 0 Å². The van der Waals surface area contributed by atoms with Gasteiger partial charge in [0.2, 0.25) is 0 Å². The molecule has 0 radical (unpaired) electrons. The van der Waals surface area contributed by atoms with Crippen molar-refractivity contribution in [3.05, 3.63) is 16.1 Å². The molecule has 2 heterocycles. The van der Waals surface area contributed by atoms with E-state index in [1.54, 1.807) is 6.33 Å². The first-order valence-electron chi connectivity index (χ1n) is 6.61. The molecule has 0 amide bonds. The van der Waals surface area contributed by atoms with Crippen LogP contribution in [0.5, 0.6) is 0 Å². The average Bonchev–Trinajstić information content (AvgIpc) is 2.38. The average molecular weight is 360 g/mol. The Bertz CT molecular complexity index is 377. The van der Waals surface area contributed by atoms with Gasteiger partial charge in [0.25, 0.3) is 0 Å². The topological polar surface area (TPSA) is 41.0 Å². The molecule has 1 fully saturated rings. The minimum absolute atomic E-state index is 0.475. The van der Waals surface area contributed by atoms with Crippen molar-refractivity contribution in [3.63, 3.8) is 0 Å². The van der Waals surface area contributed by atoms with E-state index in [0.29, 0.717) is 6.04 Å². The van der Waals surface area contributed by atoms with Crippen LogP contribution in [0.25, 0.3) is 0 Å². The fraction of sp³-hybridized carbons (Fsp3) is 0.692. The molecule has 18 heavy (non-hydrogen) atoms. The molecule has 0 aromatic carbocycles. The van der Waals surface area contributed by atoms with Crippen LogP contribution in [0.1, 0.15) is 26.7 Å². The highest BCUT2D eigenvalue weighted by Gasteiger charge is 2.21. The van der Waals surface area contributed by atoms with Gasteiger partial charge < -0.3 is 10.2 Å². The molecule has 100 valence electrons. The van der Waals surface area contributed by atoms with Gasteiger partial charge in [-0.2, -0.15) is 0 Å². The number of hydrogen-bond donors (Lipinski definition) is 1. The number of rotatable bonds is 4. The number of nitrogens with zero attached hydrogens (tertiary/aromatic N) is 3. The molecule has 2 rings (SSSR count). The van der Waals surface area contributed by atoms with Gasteiger partial charge >= 0.3 is 0 Å².